The van der Waals surface area contributed by atoms with Crippen LogP contribution in [-0.4, -0.2) is 38.6 Å². The maximum absolute atomic E-state index is 12.1. The van der Waals surface area contributed by atoms with Gasteiger partial charge in [0.1, 0.15) is 6.04 Å². The van der Waals surface area contributed by atoms with Crippen LogP contribution in [0, 0.1) is 3.57 Å². The molecule has 7 nitrogen and oxygen atoms in total. The molecule has 0 aromatic heterocycles. The number of carboxylic acid groups (broad SMARTS) is 1. The number of carbonyl (C=O) groups excluding carboxylic acids is 1. The minimum atomic E-state index is -3.96. The summed E-state index contributed by atoms with van der Waals surface area (Å²) in [5.41, 5.74) is 0. The van der Waals surface area contributed by atoms with E-state index in [4.69, 9.17) is 5.11 Å². The second-order valence-corrected chi connectivity index (χ2v) is 7.04. The molecule has 21 heavy (non-hydrogen) atoms. The number of carbonyl (C=O) groups is 2. The summed E-state index contributed by atoms with van der Waals surface area (Å²) in [7, 11) is -2.79. The van der Waals surface area contributed by atoms with Gasteiger partial charge < -0.3 is 9.84 Å². The van der Waals surface area contributed by atoms with Crippen LogP contribution in [0.25, 0.3) is 0 Å². The van der Waals surface area contributed by atoms with Gasteiger partial charge in [-0.1, -0.05) is 0 Å². The Hall–Kier alpha value is -1.20. The van der Waals surface area contributed by atoms with E-state index in [1.165, 1.54) is 19.2 Å². The highest BCUT2D eigenvalue weighted by atomic mass is 127. The highest BCUT2D eigenvalue weighted by molar-refractivity contribution is 14.1. The molecule has 9 heteroatoms. The Morgan fingerprint density at radius 1 is 1.33 bits per heavy atom. The molecule has 1 atom stereocenters. The minimum Gasteiger partial charge on any atom is -0.480 e. The second-order valence-electron chi connectivity index (χ2n) is 4.08. The molecule has 1 aromatic carbocycles. The van der Waals surface area contributed by atoms with Crippen LogP contribution in [0.3, 0.4) is 0 Å². The van der Waals surface area contributed by atoms with Crippen LogP contribution in [0.4, 0.5) is 0 Å². The van der Waals surface area contributed by atoms with Crippen LogP contribution >= 0.6 is 22.6 Å². The molecular formula is C12H14INO6S. The van der Waals surface area contributed by atoms with Gasteiger partial charge in [0.25, 0.3) is 0 Å². The largest absolute Gasteiger partial charge is 0.480 e. The van der Waals surface area contributed by atoms with Crippen molar-refractivity contribution in [3.63, 3.8) is 0 Å². The van der Waals surface area contributed by atoms with Crippen LogP contribution in [-0.2, 0) is 24.3 Å². The van der Waals surface area contributed by atoms with E-state index >= 15 is 0 Å². The fourth-order valence-electron chi connectivity index (χ4n) is 1.47. The van der Waals surface area contributed by atoms with E-state index in [0.29, 0.717) is 0 Å². The molecule has 0 aliphatic carbocycles. The number of nitrogens with one attached hydrogen (secondary N) is 1. The summed E-state index contributed by atoms with van der Waals surface area (Å²) in [5, 5.41) is 9.03. The number of carboxylic acids is 1. The van der Waals surface area contributed by atoms with Gasteiger partial charge in [-0.15, -0.1) is 0 Å². The van der Waals surface area contributed by atoms with Crippen molar-refractivity contribution in [1.82, 2.24) is 4.72 Å². The molecule has 0 bridgehead atoms. The maximum atomic E-state index is 12.1. The van der Waals surface area contributed by atoms with Crippen LogP contribution < -0.4 is 4.72 Å². The maximum Gasteiger partial charge on any atom is 0.321 e. The molecule has 0 heterocycles. The molecule has 0 radical (unpaired) electrons. The molecule has 0 unspecified atom stereocenters. The molecule has 0 amide bonds. The zero-order valence-corrected chi connectivity index (χ0v) is 14.0. The Labute approximate surface area is 135 Å². The SMILES string of the molecule is COC(=O)CC[C@H](NS(=O)(=O)c1ccc(I)cc1)C(=O)O. The predicted octanol–water partition coefficient (Wildman–Crippen LogP) is 0.976. The van der Waals surface area contributed by atoms with Gasteiger partial charge in [-0.25, -0.2) is 8.42 Å². The fraction of sp³-hybridized carbons (Fsp3) is 0.333. The quantitative estimate of drug-likeness (QED) is 0.496. The van der Waals surface area contributed by atoms with Crippen molar-refractivity contribution in [3.8, 4) is 0 Å². The lowest BCUT2D eigenvalue weighted by Crippen LogP contribution is -2.41. The van der Waals surface area contributed by atoms with Gasteiger partial charge in [0, 0.05) is 9.99 Å². The molecule has 0 fully saturated rings. The first kappa shape index (κ1) is 17.9. The lowest BCUT2D eigenvalue weighted by atomic mass is 10.2. The zero-order valence-electron chi connectivity index (χ0n) is 11.1. The minimum absolute atomic E-state index is 0.0350. The van der Waals surface area contributed by atoms with E-state index in [2.05, 4.69) is 9.46 Å². The number of benzene rings is 1. The van der Waals surface area contributed by atoms with Crippen molar-refractivity contribution >= 4 is 44.6 Å². The third kappa shape index (κ3) is 5.59. The first-order valence-corrected chi connectivity index (χ1v) is 8.40. The van der Waals surface area contributed by atoms with Crippen LogP contribution in [0.2, 0.25) is 0 Å². The molecule has 1 aromatic rings. The van der Waals surface area contributed by atoms with E-state index in [1.807, 2.05) is 22.6 Å². The standard InChI is InChI=1S/C12H14INO6S/c1-20-11(15)7-6-10(12(16)17)14-21(18,19)9-4-2-8(13)3-5-9/h2-5,10,14H,6-7H2,1H3,(H,16,17)/t10-/m0/s1. The summed E-state index contributed by atoms with van der Waals surface area (Å²) in [5.74, 6) is -1.96. The van der Waals surface area contributed by atoms with Gasteiger partial charge in [0.2, 0.25) is 10.0 Å². The van der Waals surface area contributed by atoms with E-state index in [0.717, 1.165) is 3.57 Å². The van der Waals surface area contributed by atoms with E-state index in [1.54, 1.807) is 12.1 Å². The molecule has 1 rings (SSSR count). The first-order chi connectivity index (χ1) is 9.76. The molecule has 0 aliphatic rings. The molecule has 0 aliphatic heterocycles. The Morgan fingerprint density at radius 3 is 2.38 bits per heavy atom. The van der Waals surface area contributed by atoms with E-state index in [9.17, 15) is 18.0 Å². The third-order valence-electron chi connectivity index (χ3n) is 2.58. The average molecular weight is 427 g/mol. The fourth-order valence-corrected chi connectivity index (χ4v) is 3.05. The number of halogens is 1. The lowest BCUT2D eigenvalue weighted by Gasteiger charge is -2.14. The van der Waals surface area contributed by atoms with Gasteiger partial charge in [-0.05, 0) is 53.3 Å². The van der Waals surface area contributed by atoms with Crippen LogP contribution in [0.1, 0.15) is 12.8 Å². The van der Waals surface area contributed by atoms with Crippen molar-refractivity contribution in [2.75, 3.05) is 7.11 Å². The Kier molecular flexibility index (Phi) is 6.55. The van der Waals surface area contributed by atoms with Gasteiger partial charge in [0.05, 0.1) is 12.0 Å². The second kappa shape index (κ2) is 7.71. The lowest BCUT2D eigenvalue weighted by molar-refractivity contribution is -0.142. The number of esters is 1. The van der Waals surface area contributed by atoms with Crippen molar-refractivity contribution in [2.45, 2.75) is 23.8 Å². The Balaban J connectivity index is 2.84. The highest BCUT2D eigenvalue weighted by Gasteiger charge is 2.26. The first-order valence-electron chi connectivity index (χ1n) is 5.84. The molecule has 0 saturated heterocycles. The third-order valence-corrected chi connectivity index (χ3v) is 4.79. The smallest absolute Gasteiger partial charge is 0.321 e. The molecular weight excluding hydrogens is 413 g/mol. The highest BCUT2D eigenvalue weighted by Crippen LogP contribution is 2.13. The Bertz CT molecular complexity index is 613. The summed E-state index contributed by atoms with van der Waals surface area (Å²) < 4.78 is 31.5. The summed E-state index contributed by atoms with van der Waals surface area (Å²) in [6.45, 7) is 0. The van der Waals surface area contributed by atoms with Gasteiger partial charge >= 0.3 is 11.9 Å². The number of sulfonamides is 1. The number of aliphatic carboxylic acids is 1. The predicted molar refractivity (Wildman–Crippen MR) is 82.2 cm³/mol. The van der Waals surface area contributed by atoms with Gasteiger partial charge in [-0.3, -0.25) is 9.59 Å². The summed E-state index contributed by atoms with van der Waals surface area (Å²) in [4.78, 5) is 22.1. The molecule has 0 saturated carbocycles. The average Bonchev–Trinajstić information content (AvgIpc) is 2.43. The molecule has 0 spiro atoms. The van der Waals surface area contributed by atoms with Crippen molar-refractivity contribution in [2.24, 2.45) is 0 Å². The normalized spacial score (nSPS) is 12.7. The zero-order chi connectivity index (χ0) is 16.0. The van der Waals surface area contributed by atoms with E-state index in [-0.39, 0.29) is 17.7 Å². The molecule has 116 valence electrons. The summed E-state index contributed by atoms with van der Waals surface area (Å²) >= 11 is 2.02. The number of ether oxygens (including phenoxy) is 1. The van der Waals surface area contributed by atoms with Crippen molar-refractivity contribution in [3.05, 3.63) is 27.8 Å². The van der Waals surface area contributed by atoms with Gasteiger partial charge in [0.15, 0.2) is 0 Å². The summed E-state index contributed by atoms with van der Waals surface area (Å²) in [6.07, 6.45) is -0.381. The van der Waals surface area contributed by atoms with Crippen molar-refractivity contribution in [1.29, 1.82) is 0 Å². The van der Waals surface area contributed by atoms with Crippen molar-refractivity contribution < 1.29 is 27.9 Å². The van der Waals surface area contributed by atoms with Crippen LogP contribution in [0.15, 0.2) is 29.2 Å². The number of methoxy groups -OCH3 is 1. The number of rotatable bonds is 7. The number of hydrogen-bond acceptors (Lipinski definition) is 5. The van der Waals surface area contributed by atoms with E-state index < -0.39 is 28.0 Å². The van der Waals surface area contributed by atoms with Crippen LogP contribution in [0.5, 0.6) is 0 Å². The Morgan fingerprint density at radius 2 is 1.90 bits per heavy atom. The topological polar surface area (TPSA) is 110 Å². The molecule has 2 N–H and O–H groups in total. The number of hydrogen-bond donors (Lipinski definition) is 2. The summed E-state index contributed by atoms with van der Waals surface area (Å²) in [6, 6.07) is 4.55. The monoisotopic (exact) mass is 427 g/mol. The van der Waals surface area contributed by atoms with Gasteiger partial charge in [-0.2, -0.15) is 4.72 Å².